The molecule has 21 heavy (non-hydrogen) atoms. The summed E-state index contributed by atoms with van der Waals surface area (Å²) in [5.41, 5.74) is 1.55. The third-order valence-corrected chi connectivity index (χ3v) is 3.51. The molecule has 3 nitrogen and oxygen atoms in total. The predicted octanol–water partition coefficient (Wildman–Crippen LogP) is 3.72. The minimum Gasteiger partial charge on any atom is -0.493 e. The van der Waals surface area contributed by atoms with Crippen molar-refractivity contribution < 1.29 is 9.84 Å². The number of aliphatic hydroxyl groups excluding tert-OH is 1. The summed E-state index contributed by atoms with van der Waals surface area (Å²) in [7, 11) is 0. The fourth-order valence-electron chi connectivity index (χ4n) is 2.52. The van der Waals surface area contributed by atoms with E-state index in [1.165, 1.54) is 0 Å². The van der Waals surface area contributed by atoms with E-state index in [0.29, 0.717) is 12.4 Å². The number of hydrogen-bond acceptors (Lipinski definition) is 3. The minimum atomic E-state index is -0.758. The van der Waals surface area contributed by atoms with Gasteiger partial charge in [-0.3, -0.25) is 4.98 Å². The standard InChI is InChI=1S/C18H17NO2/c1-2-21-17-10-6-5-9-15(17)18(20)16-12-19-11-13-7-3-4-8-14(13)16/h3-12,18,20H,2H2,1H3. The van der Waals surface area contributed by atoms with Crippen LogP contribution in [-0.2, 0) is 0 Å². The van der Waals surface area contributed by atoms with E-state index in [2.05, 4.69) is 4.98 Å². The summed E-state index contributed by atoms with van der Waals surface area (Å²) >= 11 is 0. The second-order valence-corrected chi connectivity index (χ2v) is 4.82. The summed E-state index contributed by atoms with van der Waals surface area (Å²) in [6, 6.07) is 15.5. The van der Waals surface area contributed by atoms with Crippen LogP contribution in [0.2, 0.25) is 0 Å². The molecular weight excluding hydrogens is 262 g/mol. The molecule has 3 aromatic rings. The van der Waals surface area contributed by atoms with Crippen LogP contribution in [0.25, 0.3) is 10.8 Å². The van der Waals surface area contributed by atoms with Gasteiger partial charge in [0.2, 0.25) is 0 Å². The van der Waals surface area contributed by atoms with E-state index in [-0.39, 0.29) is 0 Å². The van der Waals surface area contributed by atoms with Gasteiger partial charge >= 0.3 is 0 Å². The number of hydrogen-bond donors (Lipinski definition) is 1. The molecule has 0 amide bonds. The fraction of sp³-hybridized carbons (Fsp3) is 0.167. The van der Waals surface area contributed by atoms with Crippen molar-refractivity contribution >= 4 is 10.8 Å². The van der Waals surface area contributed by atoms with Crippen LogP contribution < -0.4 is 4.74 Å². The van der Waals surface area contributed by atoms with Crippen molar-refractivity contribution in [1.82, 2.24) is 4.98 Å². The molecule has 0 radical (unpaired) electrons. The molecule has 0 fully saturated rings. The van der Waals surface area contributed by atoms with Gasteiger partial charge in [-0.2, -0.15) is 0 Å². The van der Waals surface area contributed by atoms with Gasteiger partial charge in [-0.15, -0.1) is 0 Å². The zero-order valence-corrected chi connectivity index (χ0v) is 11.9. The Morgan fingerprint density at radius 3 is 2.62 bits per heavy atom. The lowest BCUT2D eigenvalue weighted by atomic mass is 9.97. The van der Waals surface area contributed by atoms with Crippen molar-refractivity contribution in [2.75, 3.05) is 6.61 Å². The van der Waals surface area contributed by atoms with E-state index in [0.717, 1.165) is 21.9 Å². The molecule has 3 rings (SSSR count). The van der Waals surface area contributed by atoms with Gasteiger partial charge in [0, 0.05) is 28.9 Å². The molecule has 1 aromatic heterocycles. The lowest BCUT2D eigenvalue weighted by Crippen LogP contribution is -2.05. The number of nitrogens with zero attached hydrogens (tertiary/aromatic N) is 1. The zero-order chi connectivity index (χ0) is 14.7. The lowest BCUT2D eigenvalue weighted by Gasteiger charge is -2.17. The summed E-state index contributed by atoms with van der Waals surface area (Å²) in [6.07, 6.45) is 2.77. The van der Waals surface area contributed by atoms with E-state index >= 15 is 0 Å². The Balaban J connectivity index is 2.11. The summed E-state index contributed by atoms with van der Waals surface area (Å²) in [4.78, 5) is 4.23. The smallest absolute Gasteiger partial charge is 0.125 e. The molecular formula is C18H17NO2. The molecule has 1 atom stereocenters. The molecule has 0 aliphatic rings. The highest BCUT2D eigenvalue weighted by molar-refractivity contribution is 5.85. The number of fused-ring (bicyclic) bond motifs is 1. The molecule has 1 heterocycles. The number of aromatic nitrogens is 1. The maximum Gasteiger partial charge on any atom is 0.125 e. The first-order chi connectivity index (χ1) is 10.3. The van der Waals surface area contributed by atoms with Crippen molar-refractivity contribution in [3.63, 3.8) is 0 Å². The topological polar surface area (TPSA) is 42.4 Å². The van der Waals surface area contributed by atoms with E-state index in [1.807, 2.05) is 55.5 Å². The Labute approximate surface area is 123 Å². The number of aliphatic hydroxyl groups is 1. The molecule has 0 bridgehead atoms. The van der Waals surface area contributed by atoms with Gasteiger partial charge in [-0.05, 0) is 18.4 Å². The average Bonchev–Trinajstić information content (AvgIpc) is 2.54. The lowest BCUT2D eigenvalue weighted by molar-refractivity contribution is 0.213. The second kappa shape index (κ2) is 5.94. The van der Waals surface area contributed by atoms with Crippen LogP contribution in [0.5, 0.6) is 5.75 Å². The van der Waals surface area contributed by atoms with Crippen LogP contribution >= 0.6 is 0 Å². The van der Waals surface area contributed by atoms with Crippen LogP contribution in [0.3, 0.4) is 0 Å². The summed E-state index contributed by atoms with van der Waals surface area (Å²) in [6.45, 7) is 2.50. The fourth-order valence-corrected chi connectivity index (χ4v) is 2.52. The Morgan fingerprint density at radius 2 is 1.76 bits per heavy atom. The number of pyridine rings is 1. The van der Waals surface area contributed by atoms with E-state index < -0.39 is 6.10 Å². The second-order valence-electron chi connectivity index (χ2n) is 4.82. The van der Waals surface area contributed by atoms with Gasteiger partial charge in [-0.25, -0.2) is 0 Å². The summed E-state index contributed by atoms with van der Waals surface area (Å²) in [5, 5.41) is 12.8. The molecule has 106 valence electrons. The molecule has 0 spiro atoms. The van der Waals surface area contributed by atoms with Crippen molar-refractivity contribution in [3.05, 3.63) is 72.1 Å². The molecule has 3 heteroatoms. The average molecular weight is 279 g/mol. The molecule has 2 aromatic carbocycles. The number of ether oxygens (including phenoxy) is 1. The van der Waals surface area contributed by atoms with Crippen LogP contribution in [0.4, 0.5) is 0 Å². The highest BCUT2D eigenvalue weighted by Crippen LogP contribution is 2.33. The Hall–Kier alpha value is -2.39. The first kappa shape index (κ1) is 13.6. The summed E-state index contributed by atoms with van der Waals surface area (Å²) in [5.74, 6) is 0.709. The SMILES string of the molecule is CCOc1ccccc1C(O)c1cncc2ccccc12. The highest BCUT2D eigenvalue weighted by atomic mass is 16.5. The van der Waals surface area contributed by atoms with Gasteiger partial charge in [0.1, 0.15) is 11.9 Å². The van der Waals surface area contributed by atoms with Crippen LogP contribution in [0, 0.1) is 0 Å². The third kappa shape index (κ3) is 2.60. The summed E-state index contributed by atoms with van der Waals surface area (Å²) < 4.78 is 5.61. The Bertz CT molecular complexity index is 750. The minimum absolute atomic E-state index is 0.567. The number of rotatable bonds is 4. The largest absolute Gasteiger partial charge is 0.493 e. The van der Waals surface area contributed by atoms with Crippen LogP contribution in [0.15, 0.2) is 60.9 Å². The highest BCUT2D eigenvalue weighted by Gasteiger charge is 2.17. The predicted molar refractivity (Wildman–Crippen MR) is 83.4 cm³/mol. The molecule has 1 N–H and O–H groups in total. The molecule has 0 aliphatic carbocycles. The van der Waals surface area contributed by atoms with Gasteiger partial charge in [0.05, 0.1) is 6.61 Å². The first-order valence-corrected chi connectivity index (χ1v) is 7.03. The quantitative estimate of drug-likeness (QED) is 0.791. The normalized spacial score (nSPS) is 12.3. The Morgan fingerprint density at radius 1 is 1.00 bits per heavy atom. The van der Waals surface area contributed by atoms with Crippen molar-refractivity contribution in [1.29, 1.82) is 0 Å². The van der Waals surface area contributed by atoms with Gasteiger partial charge < -0.3 is 9.84 Å². The van der Waals surface area contributed by atoms with Crippen LogP contribution in [-0.4, -0.2) is 16.7 Å². The van der Waals surface area contributed by atoms with Crippen molar-refractivity contribution in [2.24, 2.45) is 0 Å². The van der Waals surface area contributed by atoms with Gasteiger partial charge in [-0.1, -0.05) is 42.5 Å². The van der Waals surface area contributed by atoms with E-state index in [4.69, 9.17) is 4.74 Å². The van der Waals surface area contributed by atoms with E-state index in [9.17, 15) is 5.11 Å². The molecule has 0 saturated heterocycles. The van der Waals surface area contributed by atoms with E-state index in [1.54, 1.807) is 12.4 Å². The van der Waals surface area contributed by atoms with Gasteiger partial charge in [0.15, 0.2) is 0 Å². The maximum atomic E-state index is 10.8. The zero-order valence-electron chi connectivity index (χ0n) is 11.9. The van der Waals surface area contributed by atoms with Crippen molar-refractivity contribution in [2.45, 2.75) is 13.0 Å². The van der Waals surface area contributed by atoms with Crippen LogP contribution in [0.1, 0.15) is 24.2 Å². The van der Waals surface area contributed by atoms with Crippen molar-refractivity contribution in [3.8, 4) is 5.75 Å². The van der Waals surface area contributed by atoms with Gasteiger partial charge in [0.25, 0.3) is 0 Å². The monoisotopic (exact) mass is 279 g/mol. The number of benzene rings is 2. The third-order valence-electron chi connectivity index (χ3n) is 3.51. The first-order valence-electron chi connectivity index (χ1n) is 7.03. The number of para-hydroxylation sites is 1. The molecule has 0 saturated carbocycles. The molecule has 0 aliphatic heterocycles. The maximum absolute atomic E-state index is 10.8. The molecule has 1 unspecified atom stereocenters. The Kier molecular flexibility index (Phi) is 3.84.